The van der Waals surface area contributed by atoms with Gasteiger partial charge >= 0.3 is 5.97 Å². The molecule has 2 aromatic heterocycles. The van der Waals surface area contributed by atoms with Crippen molar-refractivity contribution >= 4 is 40.1 Å². The molecule has 0 radical (unpaired) electrons. The van der Waals surface area contributed by atoms with Gasteiger partial charge in [-0.05, 0) is 20.8 Å². The number of esters is 1. The number of thioether (sulfide) groups is 1. The van der Waals surface area contributed by atoms with Crippen molar-refractivity contribution in [3.8, 4) is 11.3 Å². The summed E-state index contributed by atoms with van der Waals surface area (Å²) in [5.74, 6) is 0.627. The van der Waals surface area contributed by atoms with Gasteiger partial charge in [-0.2, -0.15) is 0 Å². The third kappa shape index (κ3) is 5.91. The molecule has 7 nitrogen and oxygen atoms in total. The lowest BCUT2D eigenvalue weighted by molar-refractivity contribution is -0.144. The third-order valence-electron chi connectivity index (χ3n) is 4.11. The molecule has 0 saturated heterocycles. The van der Waals surface area contributed by atoms with Crippen molar-refractivity contribution in [2.75, 3.05) is 17.7 Å². The van der Waals surface area contributed by atoms with Crippen molar-refractivity contribution < 1.29 is 18.8 Å². The van der Waals surface area contributed by atoms with Crippen LogP contribution in [0, 0.1) is 20.8 Å². The maximum atomic E-state index is 12.0. The van der Waals surface area contributed by atoms with Crippen LogP contribution in [0.4, 0.5) is 5.13 Å². The molecule has 0 atom stereocenters. The monoisotopic (exact) mass is 431 g/mol. The summed E-state index contributed by atoms with van der Waals surface area (Å²) in [6, 6.07) is 7.99. The maximum absolute atomic E-state index is 12.0. The fourth-order valence-corrected chi connectivity index (χ4v) is 4.18. The molecule has 1 N–H and O–H groups in total. The minimum absolute atomic E-state index is 0.145. The van der Waals surface area contributed by atoms with E-state index in [9.17, 15) is 9.59 Å². The number of nitrogens with zero attached hydrogens (tertiary/aromatic N) is 2. The zero-order valence-corrected chi connectivity index (χ0v) is 18.0. The fraction of sp³-hybridized carbons (Fsp3) is 0.300. The number of carbonyl (C=O) groups is 2. The van der Waals surface area contributed by atoms with E-state index in [2.05, 4.69) is 15.5 Å². The highest BCUT2D eigenvalue weighted by Gasteiger charge is 2.13. The second-order valence-corrected chi connectivity index (χ2v) is 8.25. The number of benzene rings is 1. The van der Waals surface area contributed by atoms with Gasteiger partial charge in [0.15, 0.2) is 11.7 Å². The summed E-state index contributed by atoms with van der Waals surface area (Å²) in [5, 5.41) is 8.87. The third-order valence-corrected chi connectivity index (χ3v) is 5.80. The van der Waals surface area contributed by atoms with Crippen molar-refractivity contribution in [2.24, 2.45) is 0 Å². The Morgan fingerprint density at radius 2 is 1.97 bits per heavy atom. The van der Waals surface area contributed by atoms with Gasteiger partial charge in [0.1, 0.15) is 5.76 Å². The van der Waals surface area contributed by atoms with E-state index in [0.29, 0.717) is 10.9 Å². The Labute approximate surface area is 176 Å². The number of hydrogen-bond acceptors (Lipinski definition) is 8. The number of ether oxygens (including phenoxy) is 1. The zero-order chi connectivity index (χ0) is 20.8. The zero-order valence-electron chi connectivity index (χ0n) is 16.4. The Morgan fingerprint density at radius 3 is 2.66 bits per heavy atom. The van der Waals surface area contributed by atoms with Gasteiger partial charge in [-0.1, -0.05) is 35.0 Å². The predicted molar refractivity (Wildman–Crippen MR) is 114 cm³/mol. The summed E-state index contributed by atoms with van der Waals surface area (Å²) in [6.45, 7) is 5.37. The summed E-state index contributed by atoms with van der Waals surface area (Å²) in [7, 11) is 0. The SMILES string of the molecule is Cc1ccc(-c2csc(NC(=O)COC(=O)CSCc3c(C)noc3C)n2)cc1. The molecular weight excluding hydrogens is 410 g/mol. The van der Waals surface area contributed by atoms with E-state index < -0.39 is 11.9 Å². The smallest absolute Gasteiger partial charge is 0.316 e. The van der Waals surface area contributed by atoms with Gasteiger partial charge in [0.25, 0.3) is 5.91 Å². The molecule has 1 aromatic carbocycles. The van der Waals surface area contributed by atoms with Crippen LogP contribution in [0.15, 0.2) is 34.2 Å². The second-order valence-electron chi connectivity index (χ2n) is 6.41. The number of thiazole rings is 1. The van der Waals surface area contributed by atoms with Gasteiger partial charge in [0.2, 0.25) is 0 Å². The molecule has 152 valence electrons. The van der Waals surface area contributed by atoms with E-state index in [1.165, 1.54) is 28.7 Å². The van der Waals surface area contributed by atoms with Crippen LogP contribution in [-0.2, 0) is 20.1 Å². The lowest BCUT2D eigenvalue weighted by Gasteiger charge is -2.05. The van der Waals surface area contributed by atoms with Crippen LogP contribution < -0.4 is 5.32 Å². The van der Waals surface area contributed by atoms with E-state index in [4.69, 9.17) is 9.26 Å². The number of anilines is 1. The molecule has 3 aromatic rings. The Kier molecular flexibility index (Phi) is 7.05. The number of carbonyl (C=O) groups excluding carboxylic acids is 2. The van der Waals surface area contributed by atoms with E-state index in [1.54, 1.807) is 0 Å². The minimum atomic E-state index is -0.448. The largest absolute Gasteiger partial charge is 0.455 e. The first-order chi connectivity index (χ1) is 13.9. The normalized spacial score (nSPS) is 10.7. The number of amides is 1. The number of aryl methyl sites for hydroxylation is 3. The Bertz CT molecular complexity index is 976. The molecule has 0 fully saturated rings. The first-order valence-corrected chi connectivity index (χ1v) is 10.9. The summed E-state index contributed by atoms with van der Waals surface area (Å²) in [4.78, 5) is 28.2. The molecule has 0 aliphatic rings. The molecule has 0 aliphatic heterocycles. The molecule has 2 heterocycles. The van der Waals surface area contributed by atoms with Crippen molar-refractivity contribution in [1.82, 2.24) is 10.1 Å². The van der Waals surface area contributed by atoms with Gasteiger partial charge in [-0.15, -0.1) is 23.1 Å². The van der Waals surface area contributed by atoms with E-state index in [0.717, 1.165) is 28.3 Å². The van der Waals surface area contributed by atoms with E-state index >= 15 is 0 Å². The van der Waals surface area contributed by atoms with Crippen molar-refractivity contribution in [2.45, 2.75) is 26.5 Å². The number of nitrogens with one attached hydrogen (secondary N) is 1. The molecular formula is C20H21N3O4S2. The maximum Gasteiger partial charge on any atom is 0.316 e. The molecule has 0 unspecified atom stereocenters. The van der Waals surface area contributed by atoms with Gasteiger partial charge in [-0.3, -0.25) is 14.9 Å². The van der Waals surface area contributed by atoms with Crippen LogP contribution in [0.2, 0.25) is 0 Å². The molecule has 0 spiro atoms. The molecule has 0 bridgehead atoms. The van der Waals surface area contributed by atoms with Crippen LogP contribution in [0.3, 0.4) is 0 Å². The molecule has 9 heteroatoms. The van der Waals surface area contributed by atoms with Crippen LogP contribution in [0.1, 0.15) is 22.6 Å². The quantitative estimate of drug-likeness (QED) is 0.536. The summed E-state index contributed by atoms with van der Waals surface area (Å²) < 4.78 is 10.1. The molecule has 29 heavy (non-hydrogen) atoms. The van der Waals surface area contributed by atoms with Gasteiger partial charge < -0.3 is 9.26 Å². The molecule has 3 rings (SSSR count). The predicted octanol–water partition coefficient (Wildman–Crippen LogP) is 4.14. The first kappa shape index (κ1) is 21.1. The Hall–Kier alpha value is -2.65. The highest BCUT2D eigenvalue weighted by Crippen LogP contribution is 2.25. The Morgan fingerprint density at radius 1 is 1.21 bits per heavy atom. The lowest BCUT2D eigenvalue weighted by Crippen LogP contribution is -2.21. The van der Waals surface area contributed by atoms with Gasteiger partial charge in [-0.25, -0.2) is 4.98 Å². The van der Waals surface area contributed by atoms with Gasteiger partial charge in [0.05, 0.1) is 17.1 Å². The average molecular weight is 432 g/mol. The highest BCUT2D eigenvalue weighted by molar-refractivity contribution is 7.99. The van der Waals surface area contributed by atoms with Gasteiger partial charge in [0, 0.05) is 22.3 Å². The number of hydrogen-bond donors (Lipinski definition) is 1. The molecule has 1 amide bonds. The highest BCUT2D eigenvalue weighted by atomic mass is 32.2. The minimum Gasteiger partial charge on any atom is -0.455 e. The van der Waals surface area contributed by atoms with Crippen LogP contribution in [-0.4, -0.2) is 34.4 Å². The van der Waals surface area contributed by atoms with Crippen LogP contribution in [0.5, 0.6) is 0 Å². The number of aromatic nitrogens is 2. The van der Waals surface area contributed by atoms with Crippen molar-refractivity contribution in [3.63, 3.8) is 0 Å². The van der Waals surface area contributed by atoms with E-state index in [-0.39, 0.29) is 12.4 Å². The van der Waals surface area contributed by atoms with Crippen molar-refractivity contribution in [3.05, 3.63) is 52.2 Å². The Balaban J connectivity index is 1.40. The topological polar surface area (TPSA) is 94.3 Å². The lowest BCUT2D eigenvalue weighted by atomic mass is 10.1. The first-order valence-electron chi connectivity index (χ1n) is 8.90. The number of rotatable bonds is 8. The average Bonchev–Trinajstić information content (AvgIpc) is 3.28. The van der Waals surface area contributed by atoms with Crippen LogP contribution in [0.25, 0.3) is 11.3 Å². The molecule has 0 saturated carbocycles. The second kappa shape index (κ2) is 9.71. The summed E-state index contributed by atoms with van der Waals surface area (Å²) in [6.07, 6.45) is 0. The summed E-state index contributed by atoms with van der Waals surface area (Å²) in [5.41, 5.74) is 4.74. The fourth-order valence-electron chi connectivity index (χ4n) is 2.48. The van der Waals surface area contributed by atoms with E-state index in [1.807, 2.05) is 50.4 Å². The van der Waals surface area contributed by atoms with Crippen LogP contribution >= 0.6 is 23.1 Å². The molecule has 0 aliphatic carbocycles. The van der Waals surface area contributed by atoms with Crippen molar-refractivity contribution in [1.29, 1.82) is 0 Å². The standard InChI is InChI=1S/C20H21N3O4S2/c1-12-4-6-15(7-5-12)17-10-29-20(21-17)22-18(24)8-26-19(25)11-28-9-16-13(2)23-27-14(16)3/h4-7,10H,8-9,11H2,1-3H3,(H,21,22,24). The summed E-state index contributed by atoms with van der Waals surface area (Å²) >= 11 is 2.71.